The molecule has 1 N–H and O–H groups in total. The van der Waals surface area contributed by atoms with Gasteiger partial charge in [-0.2, -0.15) is 0 Å². The summed E-state index contributed by atoms with van der Waals surface area (Å²) in [4.78, 5) is 0. The molecular formula is C35H71NO. The van der Waals surface area contributed by atoms with Gasteiger partial charge in [-0.15, -0.1) is 0 Å². The van der Waals surface area contributed by atoms with Crippen LogP contribution in [0.5, 0.6) is 0 Å². The van der Waals surface area contributed by atoms with Crippen LogP contribution in [0.2, 0.25) is 0 Å². The van der Waals surface area contributed by atoms with Gasteiger partial charge in [0.1, 0.15) is 0 Å². The molecule has 0 saturated carbocycles. The minimum Gasteiger partial charge on any atom is -0.372 e. The van der Waals surface area contributed by atoms with Crippen molar-refractivity contribution >= 4 is 0 Å². The van der Waals surface area contributed by atoms with Gasteiger partial charge in [-0.1, -0.05) is 193 Å². The molecule has 37 heavy (non-hydrogen) atoms. The van der Waals surface area contributed by atoms with Crippen molar-refractivity contribution in [2.75, 3.05) is 19.7 Å². The summed E-state index contributed by atoms with van der Waals surface area (Å²) >= 11 is 0. The van der Waals surface area contributed by atoms with E-state index in [1.807, 2.05) is 0 Å². The van der Waals surface area contributed by atoms with Gasteiger partial charge in [-0.25, -0.2) is 0 Å². The summed E-state index contributed by atoms with van der Waals surface area (Å²) < 4.78 is 5.21. The minimum absolute atomic E-state index is 0.536. The number of unbranched alkanes of at least 4 members (excludes halogenated alkanes) is 29. The van der Waals surface area contributed by atoms with Gasteiger partial charge in [0.2, 0.25) is 0 Å². The lowest BCUT2D eigenvalue weighted by molar-refractivity contribution is 0.395. The van der Waals surface area contributed by atoms with Gasteiger partial charge in [0.15, 0.2) is 0 Å². The van der Waals surface area contributed by atoms with Crippen molar-refractivity contribution in [2.45, 2.75) is 206 Å². The number of hydrogen-bond acceptors (Lipinski definition) is 2. The molecule has 1 aliphatic heterocycles. The van der Waals surface area contributed by atoms with E-state index in [0.717, 1.165) is 13.2 Å². The third kappa shape index (κ3) is 30.3. The van der Waals surface area contributed by atoms with Crippen LogP contribution in [0.25, 0.3) is 0 Å². The average Bonchev–Trinajstić information content (AvgIpc) is 3.74. The van der Waals surface area contributed by atoms with Gasteiger partial charge in [0, 0.05) is 6.54 Å². The zero-order valence-corrected chi connectivity index (χ0v) is 25.8. The lowest BCUT2D eigenvalue weighted by atomic mass is 10.0. The maximum absolute atomic E-state index is 5.21. The van der Waals surface area contributed by atoms with E-state index in [0.29, 0.717) is 6.10 Å². The Morgan fingerprint density at radius 3 is 0.892 bits per heavy atom. The second-order valence-corrected chi connectivity index (χ2v) is 12.4. The van der Waals surface area contributed by atoms with Gasteiger partial charge < -0.3 is 10.1 Å². The Morgan fingerprint density at radius 1 is 0.405 bits per heavy atom. The molecule has 222 valence electrons. The molecule has 1 atom stereocenters. The fourth-order valence-corrected chi connectivity index (χ4v) is 5.72. The summed E-state index contributed by atoms with van der Waals surface area (Å²) in [6, 6.07) is 0. The molecule has 0 aromatic rings. The maximum atomic E-state index is 5.21. The van der Waals surface area contributed by atoms with Crippen molar-refractivity contribution in [3.63, 3.8) is 0 Å². The van der Waals surface area contributed by atoms with Crippen LogP contribution in [0, 0.1) is 0 Å². The highest BCUT2D eigenvalue weighted by molar-refractivity contribution is 4.71. The molecule has 0 aromatic carbocycles. The van der Waals surface area contributed by atoms with E-state index in [-0.39, 0.29) is 0 Å². The molecule has 0 aliphatic carbocycles. The van der Waals surface area contributed by atoms with Crippen molar-refractivity contribution in [1.29, 1.82) is 0 Å². The monoisotopic (exact) mass is 522 g/mol. The minimum atomic E-state index is 0.536. The van der Waals surface area contributed by atoms with Crippen LogP contribution in [0.3, 0.4) is 0 Å². The normalized spacial score (nSPS) is 15.0. The van der Waals surface area contributed by atoms with Crippen molar-refractivity contribution < 1.29 is 4.74 Å². The average molecular weight is 522 g/mol. The highest BCUT2D eigenvalue weighted by Crippen LogP contribution is 2.16. The quantitative estimate of drug-likeness (QED) is 0.0685. The summed E-state index contributed by atoms with van der Waals surface area (Å²) in [6.07, 6.45) is 44.6. The van der Waals surface area contributed by atoms with Crippen LogP contribution in [0.15, 0.2) is 0 Å². The Balaban J connectivity index is 1.58. The molecule has 1 fully saturated rings. The summed E-state index contributed by atoms with van der Waals surface area (Å²) in [5.74, 6) is 0. The Morgan fingerprint density at radius 2 is 0.649 bits per heavy atom. The predicted octanol–water partition coefficient (Wildman–Crippen LogP) is 11.7. The second-order valence-electron chi connectivity index (χ2n) is 12.4. The van der Waals surface area contributed by atoms with Crippen LogP contribution in [0.1, 0.15) is 200 Å². The van der Waals surface area contributed by atoms with E-state index in [1.165, 1.54) is 199 Å². The first-order valence-corrected chi connectivity index (χ1v) is 17.8. The molecule has 0 amide bonds. The Kier molecular flexibility index (Phi) is 28.8. The first-order valence-electron chi connectivity index (χ1n) is 17.8. The zero-order valence-electron chi connectivity index (χ0n) is 25.8. The van der Waals surface area contributed by atoms with Gasteiger partial charge in [-0.05, 0) is 13.0 Å². The largest absolute Gasteiger partial charge is 0.372 e. The van der Waals surface area contributed by atoms with Crippen molar-refractivity contribution in [2.24, 2.45) is 0 Å². The molecule has 2 nitrogen and oxygen atoms in total. The van der Waals surface area contributed by atoms with E-state index < -0.39 is 0 Å². The van der Waals surface area contributed by atoms with Crippen LogP contribution >= 0.6 is 0 Å². The molecule has 0 radical (unpaired) electrons. The molecule has 1 aliphatic rings. The molecule has 0 bridgehead atoms. The van der Waals surface area contributed by atoms with Crippen molar-refractivity contribution in [1.82, 2.24) is 5.32 Å². The molecule has 1 heterocycles. The number of nitrogens with one attached hydrogen (secondary N) is 1. The van der Waals surface area contributed by atoms with Gasteiger partial charge in [-0.3, -0.25) is 0 Å². The summed E-state index contributed by atoms with van der Waals surface area (Å²) in [5, 5.41) is 3.49. The molecule has 1 unspecified atom stereocenters. The van der Waals surface area contributed by atoms with E-state index in [2.05, 4.69) is 12.2 Å². The SMILES string of the molecule is CCCCCCCCCCCCCCCCCCCCCCCCCCCCCCCCNCC1CO1. The van der Waals surface area contributed by atoms with Crippen LogP contribution in [-0.2, 0) is 4.74 Å². The second kappa shape index (κ2) is 30.5. The summed E-state index contributed by atoms with van der Waals surface area (Å²) in [6.45, 7) is 5.53. The van der Waals surface area contributed by atoms with Gasteiger partial charge in [0.25, 0.3) is 0 Å². The van der Waals surface area contributed by atoms with Crippen LogP contribution in [0.4, 0.5) is 0 Å². The third-order valence-corrected chi connectivity index (χ3v) is 8.48. The number of hydrogen-bond donors (Lipinski definition) is 1. The lowest BCUT2D eigenvalue weighted by Gasteiger charge is -2.05. The molecule has 1 saturated heterocycles. The third-order valence-electron chi connectivity index (χ3n) is 8.48. The maximum Gasteiger partial charge on any atom is 0.0933 e. The first kappa shape index (κ1) is 34.9. The van der Waals surface area contributed by atoms with E-state index in [1.54, 1.807) is 0 Å². The van der Waals surface area contributed by atoms with Crippen LogP contribution in [-0.4, -0.2) is 25.8 Å². The fraction of sp³-hybridized carbons (Fsp3) is 1.00. The standard InChI is InChI=1S/C35H71NO/c1-2-3-4-5-6-7-8-9-10-11-12-13-14-15-16-17-18-19-20-21-22-23-24-25-26-27-28-29-30-31-32-36-33-35-34-37-35/h35-36H,2-34H2,1H3. The highest BCUT2D eigenvalue weighted by Gasteiger charge is 2.20. The predicted molar refractivity (Wildman–Crippen MR) is 167 cm³/mol. The van der Waals surface area contributed by atoms with E-state index in [9.17, 15) is 0 Å². The molecule has 0 spiro atoms. The molecular weight excluding hydrogens is 450 g/mol. The van der Waals surface area contributed by atoms with E-state index in [4.69, 9.17) is 4.74 Å². The van der Waals surface area contributed by atoms with Crippen molar-refractivity contribution in [3.05, 3.63) is 0 Å². The first-order chi connectivity index (χ1) is 18.4. The van der Waals surface area contributed by atoms with Gasteiger partial charge >= 0.3 is 0 Å². The zero-order chi connectivity index (χ0) is 26.3. The fourth-order valence-electron chi connectivity index (χ4n) is 5.72. The summed E-state index contributed by atoms with van der Waals surface area (Å²) in [7, 11) is 0. The Hall–Kier alpha value is -0.0800. The topological polar surface area (TPSA) is 24.6 Å². The van der Waals surface area contributed by atoms with Crippen LogP contribution < -0.4 is 5.32 Å². The Labute approximate surface area is 235 Å². The summed E-state index contributed by atoms with van der Waals surface area (Å²) in [5.41, 5.74) is 0. The van der Waals surface area contributed by atoms with Gasteiger partial charge in [0.05, 0.1) is 12.7 Å². The van der Waals surface area contributed by atoms with Crippen molar-refractivity contribution in [3.8, 4) is 0 Å². The molecule has 1 rings (SSSR count). The van der Waals surface area contributed by atoms with E-state index >= 15 is 0 Å². The molecule has 2 heteroatoms. The molecule has 0 aromatic heterocycles. The Bertz CT molecular complexity index is 408. The number of ether oxygens (including phenoxy) is 1. The number of epoxide rings is 1. The highest BCUT2D eigenvalue weighted by atomic mass is 16.6. The smallest absolute Gasteiger partial charge is 0.0933 e. The lowest BCUT2D eigenvalue weighted by Crippen LogP contribution is -2.20. The number of rotatable bonds is 33.